The van der Waals surface area contributed by atoms with Crippen LogP contribution in [0, 0.1) is 0 Å². The zero-order valence-corrected chi connectivity index (χ0v) is 9.57. The number of hydrogen-bond donors (Lipinski definition) is 0. The molecule has 2 rings (SSSR count). The fraction of sp³-hybridized carbons (Fsp3) is 0.600. The van der Waals surface area contributed by atoms with Crippen LogP contribution in [0.15, 0.2) is 11.7 Å². The third-order valence-corrected chi connectivity index (χ3v) is 4.58. The summed E-state index contributed by atoms with van der Waals surface area (Å²) >= 11 is 3.40. The first kappa shape index (κ1) is 10.2. The molecule has 0 amide bonds. The van der Waals surface area contributed by atoms with Crippen LogP contribution in [0.3, 0.4) is 0 Å². The van der Waals surface area contributed by atoms with E-state index in [0.717, 1.165) is 17.1 Å². The highest BCUT2D eigenvalue weighted by molar-refractivity contribution is 8.00. The number of ketones is 1. The highest BCUT2D eigenvalue weighted by atomic mass is 32.2. The lowest BCUT2D eigenvalue weighted by atomic mass is 10.1. The molecule has 0 spiro atoms. The lowest BCUT2D eigenvalue weighted by Gasteiger charge is -2.19. The molecule has 14 heavy (non-hydrogen) atoms. The zero-order valence-electron chi connectivity index (χ0n) is 7.94. The molecule has 1 saturated heterocycles. The van der Waals surface area contributed by atoms with Crippen molar-refractivity contribution in [3.63, 3.8) is 0 Å². The van der Waals surface area contributed by atoms with Crippen molar-refractivity contribution >= 4 is 28.9 Å². The summed E-state index contributed by atoms with van der Waals surface area (Å²) in [5.74, 6) is 1.54. The minimum Gasteiger partial charge on any atom is -0.298 e. The van der Waals surface area contributed by atoms with Crippen molar-refractivity contribution in [3.8, 4) is 0 Å². The van der Waals surface area contributed by atoms with Crippen molar-refractivity contribution in [3.05, 3.63) is 16.6 Å². The molecule has 1 aromatic heterocycles. The summed E-state index contributed by atoms with van der Waals surface area (Å²) in [6.45, 7) is 0. The minimum atomic E-state index is 0.255. The molecule has 0 aromatic carbocycles. The van der Waals surface area contributed by atoms with Gasteiger partial charge < -0.3 is 0 Å². The van der Waals surface area contributed by atoms with Gasteiger partial charge in [0.25, 0.3) is 0 Å². The molecule has 76 valence electrons. The van der Waals surface area contributed by atoms with Gasteiger partial charge in [0, 0.05) is 17.5 Å². The van der Waals surface area contributed by atoms with E-state index in [-0.39, 0.29) is 5.25 Å². The van der Waals surface area contributed by atoms with E-state index in [9.17, 15) is 4.79 Å². The van der Waals surface area contributed by atoms with Crippen LogP contribution >= 0.6 is 23.1 Å². The summed E-state index contributed by atoms with van der Waals surface area (Å²) in [4.78, 5) is 16.9. The molecule has 1 unspecified atom stereocenters. The maximum Gasteiger partial charge on any atom is 0.151 e. The van der Waals surface area contributed by atoms with Crippen LogP contribution in [0.5, 0.6) is 0 Å². The summed E-state index contributed by atoms with van der Waals surface area (Å²) in [7, 11) is 0. The van der Waals surface area contributed by atoms with Crippen LogP contribution in [0.25, 0.3) is 0 Å². The number of thioether (sulfide) groups is 1. The van der Waals surface area contributed by atoms with E-state index in [1.165, 1.54) is 12.8 Å². The zero-order chi connectivity index (χ0) is 9.80. The van der Waals surface area contributed by atoms with E-state index in [1.54, 1.807) is 23.0 Å². The van der Waals surface area contributed by atoms with Gasteiger partial charge in [0.1, 0.15) is 0 Å². The van der Waals surface area contributed by atoms with Gasteiger partial charge in [0.15, 0.2) is 5.78 Å². The quantitative estimate of drug-likeness (QED) is 0.795. The standard InChI is InChI=1S/C10H13NOS2/c12-9(5-8-6-11-7-14-8)10-3-1-2-4-13-10/h6-7,10H,1-5H2. The van der Waals surface area contributed by atoms with Gasteiger partial charge in [0.05, 0.1) is 10.8 Å². The second kappa shape index (κ2) is 4.94. The second-order valence-corrected chi connectivity index (χ2v) is 5.75. The first-order valence-corrected chi connectivity index (χ1v) is 6.81. The van der Waals surface area contributed by atoms with Crippen LogP contribution in [-0.4, -0.2) is 21.8 Å². The summed E-state index contributed by atoms with van der Waals surface area (Å²) in [6.07, 6.45) is 5.95. The third-order valence-electron chi connectivity index (χ3n) is 2.37. The molecule has 0 radical (unpaired) electrons. The van der Waals surface area contributed by atoms with E-state index >= 15 is 0 Å². The molecular formula is C10H13NOS2. The van der Waals surface area contributed by atoms with Crippen molar-refractivity contribution in [2.24, 2.45) is 0 Å². The van der Waals surface area contributed by atoms with E-state index in [4.69, 9.17) is 0 Å². The number of rotatable bonds is 3. The van der Waals surface area contributed by atoms with Gasteiger partial charge in [-0.3, -0.25) is 9.78 Å². The molecule has 1 aliphatic rings. The van der Waals surface area contributed by atoms with E-state index in [1.807, 2.05) is 11.8 Å². The molecule has 2 heterocycles. The van der Waals surface area contributed by atoms with E-state index in [0.29, 0.717) is 12.2 Å². The Kier molecular flexibility index (Phi) is 3.59. The van der Waals surface area contributed by atoms with E-state index < -0.39 is 0 Å². The molecule has 0 N–H and O–H groups in total. The van der Waals surface area contributed by atoms with Crippen molar-refractivity contribution < 1.29 is 4.79 Å². The molecule has 0 aliphatic carbocycles. The first-order valence-electron chi connectivity index (χ1n) is 4.88. The molecular weight excluding hydrogens is 214 g/mol. The van der Waals surface area contributed by atoms with Crippen molar-refractivity contribution in [1.29, 1.82) is 0 Å². The van der Waals surface area contributed by atoms with Gasteiger partial charge in [-0.1, -0.05) is 6.42 Å². The van der Waals surface area contributed by atoms with Crippen LogP contribution in [0.2, 0.25) is 0 Å². The number of Topliss-reactive ketones (excluding diaryl/α,β-unsaturated/α-hetero) is 1. The number of thiazole rings is 1. The normalized spacial score (nSPS) is 22.1. The van der Waals surface area contributed by atoms with Crippen LogP contribution < -0.4 is 0 Å². The Morgan fingerprint density at radius 1 is 1.57 bits per heavy atom. The average Bonchev–Trinajstić information content (AvgIpc) is 2.72. The van der Waals surface area contributed by atoms with Gasteiger partial charge >= 0.3 is 0 Å². The number of nitrogens with zero attached hydrogens (tertiary/aromatic N) is 1. The van der Waals surface area contributed by atoms with Gasteiger partial charge in [-0.25, -0.2) is 0 Å². The number of hydrogen-bond acceptors (Lipinski definition) is 4. The van der Waals surface area contributed by atoms with Crippen LogP contribution in [-0.2, 0) is 11.2 Å². The second-order valence-electron chi connectivity index (χ2n) is 3.47. The van der Waals surface area contributed by atoms with Gasteiger partial charge in [0.2, 0.25) is 0 Å². The van der Waals surface area contributed by atoms with Gasteiger partial charge in [-0.15, -0.1) is 11.3 Å². The maximum absolute atomic E-state index is 11.8. The molecule has 4 heteroatoms. The Labute approximate surface area is 92.1 Å². The highest BCUT2D eigenvalue weighted by Crippen LogP contribution is 2.26. The van der Waals surface area contributed by atoms with Gasteiger partial charge in [-0.05, 0) is 18.6 Å². The SMILES string of the molecule is O=C(Cc1cncs1)C1CCCCS1. The smallest absolute Gasteiger partial charge is 0.151 e. The molecule has 1 aromatic rings. The van der Waals surface area contributed by atoms with Crippen LogP contribution in [0.1, 0.15) is 24.1 Å². The van der Waals surface area contributed by atoms with Crippen molar-refractivity contribution in [2.45, 2.75) is 30.9 Å². The number of carbonyl (C=O) groups excluding carboxylic acids is 1. The molecule has 1 atom stereocenters. The topological polar surface area (TPSA) is 30.0 Å². The minimum absolute atomic E-state index is 0.255. The third kappa shape index (κ3) is 2.58. The summed E-state index contributed by atoms with van der Waals surface area (Å²) < 4.78 is 0. The molecule has 2 nitrogen and oxygen atoms in total. The maximum atomic E-state index is 11.8. The lowest BCUT2D eigenvalue weighted by Crippen LogP contribution is -2.22. The lowest BCUT2D eigenvalue weighted by molar-refractivity contribution is -0.118. The van der Waals surface area contributed by atoms with Gasteiger partial charge in [-0.2, -0.15) is 11.8 Å². The first-order chi connectivity index (χ1) is 6.86. The molecule has 1 fully saturated rings. The van der Waals surface area contributed by atoms with E-state index in [2.05, 4.69) is 4.98 Å². The Balaban J connectivity index is 1.88. The fourth-order valence-corrected chi connectivity index (χ4v) is 3.47. The van der Waals surface area contributed by atoms with Crippen molar-refractivity contribution in [2.75, 3.05) is 5.75 Å². The monoisotopic (exact) mass is 227 g/mol. The molecule has 0 bridgehead atoms. The Morgan fingerprint density at radius 2 is 2.50 bits per heavy atom. The predicted octanol–water partition coefficient (Wildman–Crippen LogP) is 2.54. The highest BCUT2D eigenvalue weighted by Gasteiger charge is 2.21. The largest absolute Gasteiger partial charge is 0.298 e. The fourth-order valence-electron chi connectivity index (χ4n) is 1.61. The average molecular weight is 227 g/mol. The summed E-state index contributed by atoms with van der Waals surface area (Å²) in [5.41, 5.74) is 1.79. The Bertz CT molecular complexity index is 291. The number of carbonyl (C=O) groups is 1. The number of aromatic nitrogens is 1. The van der Waals surface area contributed by atoms with Crippen molar-refractivity contribution in [1.82, 2.24) is 4.98 Å². The van der Waals surface area contributed by atoms with Crippen LogP contribution in [0.4, 0.5) is 0 Å². The molecule has 0 saturated carbocycles. The summed E-state index contributed by atoms with van der Waals surface area (Å²) in [5, 5.41) is 0.255. The predicted molar refractivity (Wildman–Crippen MR) is 60.9 cm³/mol. The Hall–Kier alpha value is -0.350. The molecule has 1 aliphatic heterocycles. The Morgan fingerprint density at radius 3 is 3.14 bits per heavy atom. The summed E-state index contributed by atoms with van der Waals surface area (Å²) in [6, 6.07) is 0.